The molecular formula is C18H25ClN4O. The zero-order valence-corrected chi connectivity index (χ0v) is 15.3. The lowest BCUT2D eigenvalue weighted by atomic mass is 10.1. The molecule has 2 atom stereocenters. The van der Waals surface area contributed by atoms with Crippen LogP contribution in [0.25, 0.3) is 0 Å². The molecule has 2 heterocycles. The van der Waals surface area contributed by atoms with E-state index in [-0.39, 0.29) is 6.04 Å². The van der Waals surface area contributed by atoms with Crippen molar-refractivity contribution in [2.24, 2.45) is 0 Å². The van der Waals surface area contributed by atoms with Crippen LogP contribution in [0, 0.1) is 0 Å². The van der Waals surface area contributed by atoms with Gasteiger partial charge in [-0.25, -0.2) is 0 Å². The quantitative estimate of drug-likeness (QED) is 0.824. The van der Waals surface area contributed by atoms with E-state index in [2.05, 4.69) is 46.0 Å². The SMILES string of the molecule is CCc1nnc(C(C)N2CCN(C(C)c3ccccc3Cl)CC2)o1. The summed E-state index contributed by atoms with van der Waals surface area (Å²) in [4.78, 5) is 4.89. The van der Waals surface area contributed by atoms with Gasteiger partial charge in [-0.2, -0.15) is 0 Å². The predicted octanol–water partition coefficient (Wildman–Crippen LogP) is 3.73. The molecule has 1 fully saturated rings. The Labute approximate surface area is 148 Å². The second kappa shape index (κ2) is 7.64. The van der Waals surface area contributed by atoms with Crippen molar-refractivity contribution in [2.75, 3.05) is 26.2 Å². The average Bonchev–Trinajstić information content (AvgIpc) is 3.10. The highest BCUT2D eigenvalue weighted by Crippen LogP contribution is 2.29. The van der Waals surface area contributed by atoms with Gasteiger partial charge in [0.2, 0.25) is 11.8 Å². The molecule has 130 valence electrons. The van der Waals surface area contributed by atoms with E-state index < -0.39 is 0 Å². The fourth-order valence-corrected chi connectivity index (χ4v) is 3.55. The summed E-state index contributed by atoms with van der Waals surface area (Å²) in [6, 6.07) is 8.60. The van der Waals surface area contributed by atoms with Crippen LogP contribution < -0.4 is 0 Å². The van der Waals surface area contributed by atoms with Gasteiger partial charge in [0, 0.05) is 43.7 Å². The Balaban J connectivity index is 1.60. The zero-order valence-electron chi connectivity index (χ0n) is 14.6. The number of hydrogen-bond acceptors (Lipinski definition) is 5. The maximum Gasteiger partial charge on any atom is 0.233 e. The molecule has 24 heavy (non-hydrogen) atoms. The van der Waals surface area contributed by atoms with E-state index in [1.165, 1.54) is 5.56 Å². The number of hydrogen-bond donors (Lipinski definition) is 0. The molecule has 5 nitrogen and oxygen atoms in total. The van der Waals surface area contributed by atoms with Crippen LogP contribution >= 0.6 is 11.6 Å². The fourth-order valence-electron chi connectivity index (χ4n) is 3.26. The molecule has 2 aromatic rings. The van der Waals surface area contributed by atoms with Crippen LogP contribution in [0.3, 0.4) is 0 Å². The third-order valence-corrected chi connectivity index (χ3v) is 5.29. The molecule has 1 aliphatic rings. The number of nitrogens with zero attached hydrogens (tertiary/aromatic N) is 4. The largest absolute Gasteiger partial charge is 0.424 e. The van der Waals surface area contributed by atoms with Crippen LogP contribution in [0.15, 0.2) is 28.7 Å². The fraction of sp³-hybridized carbons (Fsp3) is 0.556. The summed E-state index contributed by atoms with van der Waals surface area (Å²) < 4.78 is 5.71. The first-order chi connectivity index (χ1) is 11.6. The summed E-state index contributed by atoms with van der Waals surface area (Å²) in [5, 5.41) is 9.11. The monoisotopic (exact) mass is 348 g/mol. The molecule has 1 aromatic carbocycles. The van der Waals surface area contributed by atoms with Gasteiger partial charge in [0.05, 0.1) is 6.04 Å². The van der Waals surface area contributed by atoms with Crippen molar-refractivity contribution in [3.63, 3.8) is 0 Å². The smallest absolute Gasteiger partial charge is 0.233 e. The van der Waals surface area contributed by atoms with E-state index in [0.717, 1.165) is 43.5 Å². The van der Waals surface area contributed by atoms with Crippen molar-refractivity contribution >= 4 is 11.6 Å². The van der Waals surface area contributed by atoms with Crippen LogP contribution in [0.4, 0.5) is 0 Å². The van der Waals surface area contributed by atoms with Crippen LogP contribution in [-0.2, 0) is 6.42 Å². The van der Waals surface area contributed by atoms with Gasteiger partial charge in [-0.1, -0.05) is 36.7 Å². The Kier molecular flexibility index (Phi) is 5.54. The maximum absolute atomic E-state index is 6.35. The van der Waals surface area contributed by atoms with E-state index in [1.807, 2.05) is 19.1 Å². The van der Waals surface area contributed by atoms with Crippen molar-refractivity contribution in [3.05, 3.63) is 46.6 Å². The molecule has 0 spiro atoms. The summed E-state index contributed by atoms with van der Waals surface area (Å²) in [7, 11) is 0. The third kappa shape index (κ3) is 3.63. The van der Waals surface area contributed by atoms with Crippen molar-refractivity contribution in [2.45, 2.75) is 39.3 Å². The number of aryl methyl sites for hydroxylation is 1. The van der Waals surface area contributed by atoms with Gasteiger partial charge in [-0.05, 0) is 25.5 Å². The Bertz CT molecular complexity index is 667. The van der Waals surface area contributed by atoms with Gasteiger partial charge < -0.3 is 4.42 Å². The van der Waals surface area contributed by atoms with Crippen molar-refractivity contribution in [1.29, 1.82) is 0 Å². The van der Waals surface area contributed by atoms with Gasteiger partial charge in [-0.15, -0.1) is 10.2 Å². The predicted molar refractivity (Wildman–Crippen MR) is 95.1 cm³/mol. The van der Waals surface area contributed by atoms with Crippen molar-refractivity contribution < 1.29 is 4.42 Å². The lowest BCUT2D eigenvalue weighted by Crippen LogP contribution is -2.47. The second-order valence-corrected chi connectivity index (χ2v) is 6.74. The molecule has 3 rings (SSSR count). The minimum absolute atomic E-state index is 0.163. The molecule has 2 unspecified atom stereocenters. The first-order valence-corrected chi connectivity index (χ1v) is 9.02. The summed E-state index contributed by atoms with van der Waals surface area (Å²) >= 11 is 6.35. The lowest BCUT2D eigenvalue weighted by molar-refractivity contribution is 0.0696. The molecule has 0 bridgehead atoms. The van der Waals surface area contributed by atoms with Crippen molar-refractivity contribution in [3.8, 4) is 0 Å². The molecule has 0 aliphatic carbocycles. The highest BCUT2D eigenvalue weighted by atomic mass is 35.5. The normalized spacial score (nSPS) is 19.3. The minimum atomic E-state index is 0.163. The molecule has 6 heteroatoms. The molecule has 0 amide bonds. The summed E-state index contributed by atoms with van der Waals surface area (Å²) in [5.74, 6) is 1.43. The van der Waals surface area contributed by atoms with Gasteiger partial charge in [0.25, 0.3) is 0 Å². The van der Waals surface area contributed by atoms with Gasteiger partial charge in [0.1, 0.15) is 0 Å². The topological polar surface area (TPSA) is 45.4 Å². The number of halogens is 1. The van der Waals surface area contributed by atoms with Crippen LogP contribution in [-0.4, -0.2) is 46.2 Å². The second-order valence-electron chi connectivity index (χ2n) is 6.33. The molecule has 1 saturated heterocycles. The number of rotatable bonds is 5. The Morgan fingerprint density at radius 3 is 2.25 bits per heavy atom. The van der Waals surface area contributed by atoms with E-state index in [4.69, 9.17) is 16.0 Å². The third-order valence-electron chi connectivity index (χ3n) is 4.94. The summed E-state index contributed by atoms with van der Waals surface area (Å²) in [5.41, 5.74) is 1.20. The van der Waals surface area contributed by atoms with E-state index in [1.54, 1.807) is 0 Å². The van der Waals surface area contributed by atoms with E-state index in [9.17, 15) is 0 Å². The number of piperazine rings is 1. The standard InChI is InChI=1S/C18H25ClN4O/c1-4-17-20-21-18(24-17)14(3)23-11-9-22(10-12-23)13(2)15-7-5-6-8-16(15)19/h5-8,13-14H,4,9-12H2,1-3H3. The van der Waals surface area contributed by atoms with E-state index in [0.29, 0.717) is 11.9 Å². The summed E-state index contributed by atoms with van der Waals surface area (Å²) in [6.07, 6.45) is 0.781. The minimum Gasteiger partial charge on any atom is -0.424 e. The Morgan fingerprint density at radius 1 is 1.04 bits per heavy atom. The highest BCUT2D eigenvalue weighted by molar-refractivity contribution is 6.31. The van der Waals surface area contributed by atoms with Crippen molar-refractivity contribution in [1.82, 2.24) is 20.0 Å². The zero-order chi connectivity index (χ0) is 17.1. The average molecular weight is 349 g/mol. The molecule has 0 saturated carbocycles. The van der Waals surface area contributed by atoms with Gasteiger partial charge >= 0.3 is 0 Å². The number of aromatic nitrogens is 2. The van der Waals surface area contributed by atoms with Gasteiger partial charge in [-0.3, -0.25) is 9.80 Å². The molecular weight excluding hydrogens is 324 g/mol. The molecule has 1 aromatic heterocycles. The number of benzene rings is 1. The molecule has 0 radical (unpaired) electrons. The summed E-state index contributed by atoms with van der Waals surface area (Å²) in [6.45, 7) is 10.4. The lowest BCUT2D eigenvalue weighted by Gasteiger charge is -2.40. The van der Waals surface area contributed by atoms with Crippen LogP contribution in [0.2, 0.25) is 5.02 Å². The Hall–Kier alpha value is -1.43. The highest BCUT2D eigenvalue weighted by Gasteiger charge is 2.28. The Morgan fingerprint density at radius 2 is 1.67 bits per heavy atom. The molecule has 0 N–H and O–H groups in total. The van der Waals surface area contributed by atoms with Gasteiger partial charge in [0.15, 0.2) is 0 Å². The molecule has 1 aliphatic heterocycles. The van der Waals surface area contributed by atoms with Crippen LogP contribution in [0.5, 0.6) is 0 Å². The van der Waals surface area contributed by atoms with E-state index >= 15 is 0 Å². The van der Waals surface area contributed by atoms with Crippen LogP contribution in [0.1, 0.15) is 50.2 Å². The first kappa shape index (κ1) is 17.4. The first-order valence-electron chi connectivity index (χ1n) is 8.65. The maximum atomic E-state index is 6.35.